The molecule has 134 valence electrons. The van der Waals surface area contributed by atoms with E-state index in [9.17, 15) is 9.59 Å². The highest BCUT2D eigenvalue weighted by molar-refractivity contribution is 5.95. The van der Waals surface area contributed by atoms with E-state index in [1.54, 1.807) is 28.8 Å². The number of amides is 1. The van der Waals surface area contributed by atoms with Gasteiger partial charge in [-0.15, -0.1) is 0 Å². The summed E-state index contributed by atoms with van der Waals surface area (Å²) in [6.45, 7) is 9.11. The second-order valence-electron chi connectivity index (χ2n) is 7.96. The predicted octanol–water partition coefficient (Wildman–Crippen LogP) is 3.73. The number of Topliss-reactive ketones (excluding diaryl/α,β-unsaturated/α-hetero) is 1. The summed E-state index contributed by atoms with van der Waals surface area (Å²) in [5.41, 5.74) is 1.84. The quantitative estimate of drug-likeness (QED) is 0.862. The van der Waals surface area contributed by atoms with E-state index >= 15 is 0 Å². The highest BCUT2D eigenvalue weighted by atomic mass is 16.2. The predicted molar refractivity (Wildman–Crippen MR) is 97.8 cm³/mol. The average Bonchev–Trinajstić information content (AvgIpc) is 3.00. The number of ketones is 1. The van der Waals surface area contributed by atoms with Gasteiger partial charge >= 0.3 is 0 Å². The molecule has 5 nitrogen and oxygen atoms in total. The molecule has 1 amide bonds. The number of carbonyl (C=O) groups is 2. The van der Waals surface area contributed by atoms with Crippen LogP contribution in [-0.2, 0) is 0 Å². The van der Waals surface area contributed by atoms with Crippen molar-refractivity contribution in [3.05, 3.63) is 35.8 Å². The first-order chi connectivity index (χ1) is 11.8. The number of aromatic nitrogens is 2. The summed E-state index contributed by atoms with van der Waals surface area (Å²) in [5, 5.41) is 3.10. The third kappa shape index (κ3) is 3.46. The van der Waals surface area contributed by atoms with Gasteiger partial charge in [-0.3, -0.25) is 14.0 Å². The van der Waals surface area contributed by atoms with E-state index in [-0.39, 0.29) is 11.7 Å². The molecule has 0 spiro atoms. The summed E-state index contributed by atoms with van der Waals surface area (Å²) in [6.07, 6.45) is 5.27. The fourth-order valence-electron chi connectivity index (χ4n) is 3.89. The van der Waals surface area contributed by atoms with Gasteiger partial charge in [-0.2, -0.15) is 0 Å². The zero-order valence-corrected chi connectivity index (χ0v) is 15.5. The third-order valence-corrected chi connectivity index (χ3v) is 5.95. The van der Waals surface area contributed by atoms with Gasteiger partial charge in [0, 0.05) is 19.7 Å². The summed E-state index contributed by atoms with van der Waals surface area (Å²) in [6, 6.07) is 5.37. The number of fused-ring (bicyclic) bond motifs is 1. The van der Waals surface area contributed by atoms with E-state index in [4.69, 9.17) is 0 Å². The van der Waals surface area contributed by atoms with E-state index in [0.29, 0.717) is 40.8 Å². The minimum Gasteiger partial charge on any atom is -0.350 e. The SMILES string of the molecule is CC(=O)c1cn2c(C(=O)NCC3CCCC(C)(C)C3C)cccc2n1. The van der Waals surface area contributed by atoms with Crippen LogP contribution in [0, 0.1) is 17.3 Å². The van der Waals surface area contributed by atoms with E-state index in [1.807, 2.05) is 0 Å². The maximum absolute atomic E-state index is 12.7. The number of carbonyl (C=O) groups excluding carboxylic acids is 2. The third-order valence-electron chi connectivity index (χ3n) is 5.95. The molecule has 2 aromatic heterocycles. The molecular weight excluding hydrogens is 314 g/mol. The van der Waals surface area contributed by atoms with Crippen LogP contribution in [0.3, 0.4) is 0 Å². The van der Waals surface area contributed by atoms with Crippen molar-refractivity contribution in [2.24, 2.45) is 17.3 Å². The first-order valence-corrected chi connectivity index (χ1v) is 9.07. The van der Waals surface area contributed by atoms with Crippen LogP contribution in [0.1, 0.15) is 67.9 Å². The molecule has 1 aliphatic rings. The molecule has 2 atom stereocenters. The van der Waals surface area contributed by atoms with Crippen LogP contribution in [0.15, 0.2) is 24.4 Å². The highest BCUT2D eigenvalue weighted by Crippen LogP contribution is 2.43. The number of pyridine rings is 1. The van der Waals surface area contributed by atoms with Crippen LogP contribution in [0.5, 0.6) is 0 Å². The van der Waals surface area contributed by atoms with Crippen molar-refractivity contribution in [1.29, 1.82) is 0 Å². The second kappa shape index (κ2) is 6.62. The van der Waals surface area contributed by atoms with Gasteiger partial charge in [0.1, 0.15) is 17.0 Å². The lowest BCUT2D eigenvalue weighted by atomic mass is 9.64. The van der Waals surface area contributed by atoms with Crippen molar-refractivity contribution in [2.75, 3.05) is 6.54 Å². The lowest BCUT2D eigenvalue weighted by Gasteiger charge is -2.42. The molecular formula is C20H27N3O2. The topological polar surface area (TPSA) is 63.5 Å². The molecule has 1 N–H and O–H groups in total. The van der Waals surface area contributed by atoms with Crippen LogP contribution in [0.25, 0.3) is 5.65 Å². The number of nitrogens with one attached hydrogen (secondary N) is 1. The molecule has 0 bridgehead atoms. The Morgan fingerprint density at radius 2 is 2.12 bits per heavy atom. The van der Waals surface area contributed by atoms with Gasteiger partial charge in [0.05, 0.1) is 0 Å². The van der Waals surface area contributed by atoms with Crippen LogP contribution in [0.4, 0.5) is 0 Å². The summed E-state index contributed by atoms with van der Waals surface area (Å²) in [5.74, 6) is 0.861. The maximum Gasteiger partial charge on any atom is 0.268 e. The molecule has 2 unspecified atom stereocenters. The van der Waals surface area contributed by atoms with Crippen LogP contribution >= 0.6 is 0 Å². The summed E-state index contributed by atoms with van der Waals surface area (Å²) < 4.78 is 1.69. The Morgan fingerprint density at radius 3 is 2.84 bits per heavy atom. The highest BCUT2D eigenvalue weighted by Gasteiger charge is 2.35. The molecule has 0 saturated heterocycles. The zero-order chi connectivity index (χ0) is 18.2. The summed E-state index contributed by atoms with van der Waals surface area (Å²) in [7, 11) is 0. The molecule has 5 heteroatoms. The van der Waals surface area contributed by atoms with Gasteiger partial charge in [0.15, 0.2) is 5.78 Å². The number of imidazole rings is 1. The molecule has 25 heavy (non-hydrogen) atoms. The number of hydrogen-bond acceptors (Lipinski definition) is 3. The van der Waals surface area contributed by atoms with E-state index in [2.05, 4.69) is 31.1 Å². The van der Waals surface area contributed by atoms with Crippen molar-refractivity contribution in [2.45, 2.75) is 47.0 Å². The van der Waals surface area contributed by atoms with Crippen LogP contribution in [-0.4, -0.2) is 27.6 Å². The molecule has 1 saturated carbocycles. The molecule has 1 fully saturated rings. The van der Waals surface area contributed by atoms with Crippen LogP contribution in [0.2, 0.25) is 0 Å². The van der Waals surface area contributed by atoms with Crippen molar-refractivity contribution in [3.63, 3.8) is 0 Å². The first-order valence-electron chi connectivity index (χ1n) is 9.07. The van der Waals surface area contributed by atoms with Gasteiger partial charge < -0.3 is 5.32 Å². The Balaban J connectivity index is 1.75. The molecule has 1 aliphatic carbocycles. The number of rotatable bonds is 4. The Labute approximate surface area is 148 Å². The fraction of sp³-hybridized carbons (Fsp3) is 0.550. The molecule has 0 radical (unpaired) electrons. The molecule has 2 aromatic rings. The van der Waals surface area contributed by atoms with Gasteiger partial charge in [0.25, 0.3) is 5.91 Å². The average molecular weight is 341 g/mol. The Morgan fingerprint density at radius 1 is 1.36 bits per heavy atom. The first kappa shape index (κ1) is 17.6. The van der Waals surface area contributed by atoms with Crippen molar-refractivity contribution < 1.29 is 9.59 Å². The van der Waals surface area contributed by atoms with Gasteiger partial charge in [0.2, 0.25) is 0 Å². The van der Waals surface area contributed by atoms with E-state index in [0.717, 1.165) is 6.42 Å². The van der Waals surface area contributed by atoms with Gasteiger partial charge in [-0.1, -0.05) is 33.3 Å². The van der Waals surface area contributed by atoms with Gasteiger partial charge in [-0.05, 0) is 42.2 Å². The van der Waals surface area contributed by atoms with E-state index in [1.165, 1.54) is 19.8 Å². The second-order valence-corrected chi connectivity index (χ2v) is 7.96. The molecule has 2 heterocycles. The zero-order valence-electron chi connectivity index (χ0n) is 15.5. The number of hydrogen-bond donors (Lipinski definition) is 1. The Hall–Kier alpha value is -2.17. The Kier molecular flexibility index (Phi) is 4.67. The molecule has 3 rings (SSSR count). The lowest BCUT2D eigenvalue weighted by Crippen LogP contribution is -2.40. The van der Waals surface area contributed by atoms with Crippen molar-refractivity contribution in [3.8, 4) is 0 Å². The summed E-state index contributed by atoms with van der Waals surface area (Å²) in [4.78, 5) is 28.5. The minimum atomic E-state index is -0.117. The molecule has 0 aliphatic heterocycles. The van der Waals surface area contributed by atoms with Crippen LogP contribution < -0.4 is 5.32 Å². The summed E-state index contributed by atoms with van der Waals surface area (Å²) >= 11 is 0. The fourth-order valence-corrected chi connectivity index (χ4v) is 3.89. The maximum atomic E-state index is 12.7. The monoisotopic (exact) mass is 341 g/mol. The minimum absolute atomic E-state index is 0.103. The Bertz CT molecular complexity index is 806. The lowest BCUT2D eigenvalue weighted by molar-refractivity contribution is 0.0785. The number of nitrogens with zero attached hydrogens (tertiary/aromatic N) is 2. The van der Waals surface area contributed by atoms with Crippen molar-refractivity contribution in [1.82, 2.24) is 14.7 Å². The van der Waals surface area contributed by atoms with E-state index < -0.39 is 0 Å². The smallest absolute Gasteiger partial charge is 0.268 e. The normalized spacial score (nSPS) is 22.7. The standard InChI is InChI=1S/C20H27N3O2/c1-13-15(7-6-10-20(13,3)4)11-21-19(25)17-8-5-9-18-22-16(14(2)24)12-23(17)18/h5,8-9,12-13,15H,6-7,10-11H2,1-4H3,(H,21,25). The van der Waals surface area contributed by atoms with Crippen molar-refractivity contribution >= 4 is 17.3 Å². The largest absolute Gasteiger partial charge is 0.350 e. The molecule has 0 aromatic carbocycles. The van der Waals surface area contributed by atoms with Gasteiger partial charge in [-0.25, -0.2) is 4.98 Å².